The van der Waals surface area contributed by atoms with Crippen LogP contribution in [0.3, 0.4) is 0 Å². The monoisotopic (exact) mass is 822 g/mol. The lowest BCUT2D eigenvalue weighted by atomic mass is 10.2. The number of hydrogen-bond donors (Lipinski definition) is 2. The summed E-state index contributed by atoms with van der Waals surface area (Å²) in [6, 6.07) is 16.2. The van der Waals surface area contributed by atoms with E-state index in [1.165, 1.54) is 12.1 Å². The van der Waals surface area contributed by atoms with Crippen molar-refractivity contribution in [2.75, 3.05) is 132 Å². The van der Waals surface area contributed by atoms with E-state index in [1.807, 2.05) is 0 Å². The number of aliphatic hydroxyl groups is 2. The standard InChI is InChI=1S/C40H54O18/c41-37-27-35(31-5-1-3-7-33(31)55-37)57-39(43)29-53-25-23-51-21-19-49-17-15-47-13-11-45-9-10-46-12-14-48-16-18-50-20-22-52-24-26-54-30-40(44)58-36-28-38(42)56-34-8-4-2-6-32(34)36/h1-8,27-28,39-40,43-44H,9-26,29-30H2. The van der Waals surface area contributed by atoms with E-state index in [9.17, 15) is 19.8 Å². The van der Waals surface area contributed by atoms with E-state index >= 15 is 0 Å². The average molecular weight is 823 g/mol. The van der Waals surface area contributed by atoms with E-state index < -0.39 is 23.8 Å². The highest BCUT2D eigenvalue weighted by Gasteiger charge is 2.13. The summed E-state index contributed by atoms with van der Waals surface area (Å²) in [5, 5.41) is 21.4. The van der Waals surface area contributed by atoms with Crippen LogP contribution in [0.5, 0.6) is 11.5 Å². The molecule has 0 saturated carbocycles. The first-order chi connectivity index (χ1) is 28.5. The second-order valence-electron chi connectivity index (χ2n) is 12.0. The molecule has 0 saturated heterocycles. The molecule has 18 heteroatoms. The summed E-state index contributed by atoms with van der Waals surface area (Å²) < 4.78 is 75.6. The van der Waals surface area contributed by atoms with Crippen molar-refractivity contribution in [3.05, 3.63) is 81.5 Å². The van der Waals surface area contributed by atoms with Gasteiger partial charge in [0.05, 0.1) is 142 Å². The summed E-state index contributed by atoms with van der Waals surface area (Å²) >= 11 is 0. The zero-order valence-corrected chi connectivity index (χ0v) is 32.5. The second kappa shape index (κ2) is 29.2. The SMILES string of the molecule is O=c1cc(OC(O)COCCOCCOCCOCCOCCOCCOCCOCCOCCOCC(O)Oc2cc(=O)oc3ccccc23)c2ccccc2o1. The molecule has 2 heterocycles. The summed E-state index contributed by atoms with van der Waals surface area (Å²) in [5.41, 5.74) is -0.400. The molecule has 4 aromatic rings. The van der Waals surface area contributed by atoms with Gasteiger partial charge in [0.25, 0.3) is 0 Å². The Bertz CT molecular complexity index is 1650. The smallest absolute Gasteiger partial charge is 0.339 e. The second-order valence-corrected chi connectivity index (χ2v) is 12.0. The fourth-order valence-corrected chi connectivity index (χ4v) is 4.97. The third kappa shape index (κ3) is 19.6. The van der Waals surface area contributed by atoms with E-state index in [2.05, 4.69) is 0 Å². The van der Waals surface area contributed by atoms with Gasteiger partial charge in [-0.25, -0.2) is 9.59 Å². The third-order valence-electron chi connectivity index (χ3n) is 7.62. The fourth-order valence-electron chi connectivity index (χ4n) is 4.97. The molecule has 0 aliphatic heterocycles. The summed E-state index contributed by atoms with van der Waals surface area (Å²) in [6.45, 7) is 6.92. The minimum Gasteiger partial charge on any atom is -0.462 e. The van der Waals surface area contributed by atoms with Crippen molar-refractivity contribution in [2.24, 2.45) is 0 Å². The first kappa shape index (κ1) is 46.7. The lowest BCUT2D eigenvalue weighted by Crippen LogP contribution is -2.24. The van der Waals surface area contributed by atoms with Crippen LogP contribution in [0, 0.1) is 0 Å². The molecular formula is C40H54O18. The molecule has 0 aliphatic rings. The molecule has 58 heavy (non-hydrogen) atoms. The van der Waals surface area contributed by atoms with Gasteiger partial charge in [-0.15, -0.1) is 0 Å². The van der Waals surface area contributed by atoms with Crippen LogP contribution in [0.2, 0.25) is 0 Å². The van der Waals surface area contributed by atoms with Crippen molar-refractivity contribution >= 4 is 21.9 Å². The van der Waals surface area contributed by atoms with E-state index in [-0.39, 0.29) is 37.9 Å². The Morgan fingerprint density at radius 1 is 0.397 bits per heavy atom. The van der Waals surface area contributed by atoms with Crippen molar-refractivity contribution in [3.63, 3.8) is 0 Å². The van der Waals surface area contributed by atoms with Gasteiger partial charge >= 0.3 is 11.3 Å². The highest BCUT2D eigenvalue weighted by Crippen LogP contribution is 2.25. The number of benzene rings is 2. The van der Waals surface area contributed by atoms with Crippen LogP contribution in [0.1, 0.15) is 0 Å². The molecule has 2 N–H and O–H groups in total. The molecule has 18 nitrogen and oxygen atoms in total. The van der Waals surface area contributed by atoms with Crippen molar-refractivity contribution in [2.45, 2.75) is 12.6 Å². The molecule has 2 atom stereocenters. The lowest BCUT2D eigenvalue weighted by molar-refractivity contribution is -0.0857. The lowest BCUT2D eigenvalue weighted by Gasteiger charge is -2.15. The minimum atomic E-state index is -1.26. The van der Waals surface area contributed by atoms with Crippen LogP contribution in [0.25, 0.3) is 21.9 Å². The summed E-state index contributed by atoms with van der Waals surface area (Å²) in [6.07, 6.45) is -2.52. The Kier molecular flexibility index (Phi) is 23.5. The minimum absolute atomic E-state index is 0.0956. The van der Waals surface area contributed by atoms with Crippen LogP contribution in [0.15, 0.2) is 79.1 Å². The van der Waals surface area contributed by atoms with Crippen molar-refractivity contribution in [3.8, 4) is 11.5 Å². The molecule has 2 aromatic heterocycles. The van der Waals surface area contributed by atoms with Gasteiger partial charge in [-0.05, 0) is 24.3 Å². The van der Waals surface area contributed by atoms with Crippen LogP contribution < -0.4 is 20.7 Å². The van der Waals surface area contributed by atoms with E-state index in [4.69, 9.17) is 65.7 Å². The molecule has 4 rings (SSSR count). The number of fused-ring (bicyclic) bond motifs is 2. The number of para-hydroxylation sites is 2. The molecule has 0 fully saturated rings. The Morgan fingerprint density at radius 2 is 0.655 bits per heavy atom. The van der Waals surface area contributed by atoms with Crippen LogP contribution in [-0.2, 0) is 47.4 Å². The van der Waals surface area contributed by atoms with Gasteiger partial charge in [0.2, 0.25) is 12.6 Å². The van der Waals surface area contributed by atoms with Gasteiger partial charge in [-0.3, -0.25) is 0 Å². The molecule has 0 spiro atoms. The molecular weight excluding hydrogens is 768 g/mol. The largest absolute Gasteiger partial charge is 0.462 e. The maximum Gasteiger partial charge on any atom is 0.339 e. The number of ether oxygens (including phenoxy) is 12. The summed E-state index contributed by atoms with van der Waals surface area (Å²) in [4.78, 5) is 23.4. The predicted octanol–water partition coefficient (Wildman–Crippen LogP) is 2.16. The van der Waals surface area contributed by atoms with Gasteiger partial charge in [-0.1, -0.05) is 24.3 Å². The van der Waals surface area contributed by atoms with Gasteiger partial charge < -0.3 is 75.9 Å². The number of hydrogen-bond acceptors (Lipinski definition) is 18. The summed E-state index contributed by atoms with van der Waals surface area (Å²) in [5.74, 6) is 0.444. The van der Waals surface area contributed by atoms with E-state index in [0.29, 0.717) is 128 Å². The summed E-state index contributed by atoms with van der Waals surface area (Å²) in [7, 11) is 0. The Balaban J connectivity index is 0.801. The normalized spacial score (nSPS) is 12.7. The Morgan fingerprint density at radius 3 is 0.948 bits per heavy atom. The van der Waals surface area contributed by atoms with E-state index in [0.717, 1.165) is 0 Å². The quantitative estimate of drug-likeness (QED) is 0.0387. The highest BCUT2D eigenvalue weighted by molar-refractivity contribution is 5.83. The van der Waals surface area contributed by atoms with Crippen molar-refractivity contribution in [1.29, 1.82) is 0 Å². The first-order valence-electron chi connectivity index (χ1n) is 19.0. The molecule has 0 bridgehead atoms. The van der Waals surface area contributed by atoms with Gasteiger partial charge in [0.15, 0.2) is 0 Å². The van der Waals surface area contributed by atoms with Gasteiger partial charge in [0, 0.05) is 0 Å². The Hall–Kier alpha value is -4.02. The van der Waals surface area contributed by atoms with Crippen molar-refractivity contribution < 1.29 is 75.9 Å². The molecule has 2 unspecified atom stereocenters. The molecule has 2 aromatic carbocycles. The third-order valence-corrected chi connectivity index (χ3v) is 7.62. The zero-order chi connectivity index (χ0) is 40.9. The maximum atomic E-state index is 11.7. The zero-order valence-electron chi connectivity index (χ0n) is 32.5. The topological polar surface area (TPSA) is 212 Å². The van der Waals surface area contributed by atoms with Gasteiger partial charge in [-0.2, -0.15) is 0 Å². The van der Waals surface area contributed by atoms with E-state index in [1.54, 1.807) is 48.5 Å². The number of rotatable bonds is 35. The van der Waals surface area contributed by atoms with Gasteiger partial charge in [0.1, 0.15) is 35.9 Å². The molecule has 0 amide bonds. The van der Waals surface area contributed by atoms with Crippen molar-refractivity contribution in [1.82, 2.24) is 0 Å². The predicted molar refractivity (Wildman–Crippen MR) is 206 cm³/mol. The average Bonchev–Trinajstić information content (AvgIpc) is 3.21. The molecule has 0 aliphatic carbocycles. The van der Waals surface area contributed by atoms with Crippen LogP contribution in [-0.4, -0.2) is 155 Å². The maximum absolute atomic E-state index is 11.7. The molecule has 0 radical (unpaired) electrons. The fraction of sp³-hybridized carbons (Fsp3) is 0.550. The highest BCUT2D eigenvalue weighted by atomic mass is 16.6. The first-order valence-corrected chi connectivity index (χ1v) is 19.0. The number of aliphatic hydroxyl groups excluding tert-OH is 2. The van der Waals surface area contributed by atoms with Crippen LogP contribution >= 0.6 is 0 Å². The van der Waals surface area contributed by atoms with Crippen LogP contribution in [0.4, 0.5) is 0 Å². The Labute approximate surface area is 335 Å². The molecule has 322 valence electrons.